The van der Waals surface area contributed by atoms with Gasteiger partial charge in [-0.15, -0.1) is 0 Å². The van der Waals surface area contributed by atoms with Crippen molar-refractivity contribution in [2.24, 2.45) is 0 Å². The summed E-state index contributed by atoms with van der Waals surface area (Å²) in [6, 6.07) is 2.79. The Hall–Kier alpha value is -2.57. The summed E-state index contributed by atoms with van der Waals surface area (Å²) in [5.41, 5.74) is -1.16. The third kappa shape index (κ3) is 2.42. The van der Waals surface area contributed by atoms with E-state index in [2.05, 4.69) is 9.84 Å². The molecule has 0 saturated carbocycles. The van der Waals surface area contributed by atoms with Crippen LogP contribution in [0.25, 0.3) is 5.69 Å². The fraction of sp³-hybridized carbons (Fsp3) is 0.154. The molecule has 5 nitrogen and oxygen atoms in total. The normalized spacial score (nSPS) is 10.4. The van der Waals surface area contributed by atoms with E-state index in [1.165, 1.54) is 13.1 Å². The fourth-order valence-corrected chi connectivity index (χ4v) is 1.63. The maximum Gasteiger partial charge on any atom is 0.362 e. The molecule has 0 bridgehead atoms. The van der Waals surface area contributed by atoms with Gasteiger partial charge in [-0.1, -0.05) is 0 Å². The molecule has 0 amide bonds. The van der Waals surface area contributed by atoms with Gasteiger partial charge < -0.3 is 4.74 Å². The standard InChI is InChI=1S/C13H10F2N2O3/c1-7-6-17(10-5-8(14)3-4-9(10)15)16-11(12(7)18)13(19)20-2/h3-6H,1-2H3. The van der Waals surface area contributed by atoms with Crippen LogP contribution in [0.1, 0.15) is 16.1 Å². The molecule has 0 aliphatic carbocycles. The summed E-state index contributed by atoms with van der Waals surface area (Å²) in [5.74, 6) is -2.35. The van der Waals surface area contributed by atoms with Gasteiger partial charge in [0.05, 0.1) is 7.11 Å². The van der Waals surface area contributed by atoms with Crippen LogP contribution in [-0.4, -0.2) is 22.9 Å². The van der Waals surface area contributed by atoms with Crippen molar-refractivity contribution in [3.05, 3.63) is 57.5 Å². The molecule has 0 atom stereocenters. The van der Waals surface area contributed by atoms with Crippen LogP contribution in [0.2, 0.25) is 0 Å². The monoisotopic (exact) mass is 280 g/mol. The number of hydrogen-bond acceptors (Lipinski definition) is 4. The highest BCUT2D eigenvalue weighted by Crippen LogP contribution is 2.14. The Labute approximate surface area is 112 Å². The highest BCUT2D eigenvalue weighted by molar-refractivity contribution is 5.87. The third-order valence-electron chi connectivity index (χ3n) is 2.63. The van der Waals surface area contributed by atoms with E-state index < -0.39 is 28.7 Å². The maximum atomic E-state index is 13.7. The second-order valence-electron chi connectivity index (χ2n) is 4.02. The summed E-state index contributed by atoms with van der Waals surface area (Å²) in [5, 5.41) is 3.70. The summed E-state index contributed by atoms with van der Waals surface area (Å²) < 4.78 is 32.2. The highest BCUT2D eigenvalue weighted by Gasteiger charge is 2.17. The van der Waals surface area contributed by atoms with Gasteiger partial charge in [-0.3, -0.25) is 4.79 Å². The molecule has 104 valence electrons. The number of halogens is 2. The number of benzene rings is 1. The van der Waals surface area contributed by atoms with Crippen LogP contribution in [0.5, 0.6) is 0 Å². The number of nitrogens with zero attached hydrogens (tertiary/aromatic N) is 2. The first-order chi connectivity index (χ1) is 9.43. The van der Waals surface area contributed by atoms with Crippen molar-refractivity contribution in [3.8, 4) is 5.69 Å². The largest absolute Gasteiger partial charge is 0.464 e. The molecule has 0 unspecified atom stereocenters. The van der Waals surface area contributed by atoms with Crippen molar-refractivity contribution in [1.29, 1.82) is 0 Å². The van der Waals surface area contributed by atoms with Crippen LogP contribution in [0.4, 0.5) is 8.78 Å². The van der Waals surface area contributed by atoms with Crippen molar-refractivity contribution in [3.63, 3.8) is 0 Å². The van der Waals surface area contributed by atoms with Crippen molar-refractivity contribution in [1.82, 2.24) is 9.78 Å². The molecule has 0 aliphatic rings. The number of aryl methyl sites for hydroxylation is 1. The Balaban J connectivity index is 2.70. The van der Waals surface area contributed by atoms with E-state index in [0.717, 1.165) is 30.0 Å². The molecule has 1 heterocycles. The molecular weight excluding hydrogens is 270 g/mol. The number of methoxy groups -OCH3 is 1. The Kier molecular flexibility index (Phi) is 3.60. The molecule has 2 rings (SSSR count). The lowest BCUT2D eigenvalue weighted by atomic mass is 10.2. The average Bonchev–Trinajstić information content (AvgIpc) is 2.43. The molecule has 1 aromatic heterocycles. The summed E-state index contributed by atoms with van der Waals surface area (Å²) >= 11 is 0. The van der Waals surface area contributed by atoms with E-state index in [4.69, 9.17) is 0 Å². The first kappa shape index (κ1) is 13.9. The molecule has 2 aromatic rings. The Morgan fingerprint density at radius 3 is 2.70 bits per heavy atom. The van der Waals surface area contributed by atoms with Crippen molar-refractivity contribution in [2.45, 2.75) is 6.92 Å². The molecule has 0 radical (unpaired) electrons. The van der Waals surface area contributed by atoms with Gasteiger partial charge in [0.1, 0.15) is 17.3 Å². The van der Waals surface area contributed by atoms with E-state index in [1.807, 2.05) is 0 Å². The van der Waals surface area contributed by atoms with Crippen molar-refractivity contribution in [2.75, 3.05) is 7.11 Å². The lowest BCUT2D eigenvalue weighted by molar-refractivity contribution is 0.0590. The van der Waals surface area contributed by atoms with Crippen LogP contribution in [0.3, 0.4) is 0 Å². The molecular formula is C13H10F2N2O3. The number of ether oxygens (including phenoxy) is 1. The maximum absolute atomic E-state index is 13.7. The van der Waals surface area contributed by atoms with Gasteiger partial charge in [0.2, 0.25) is 11.1 Å². The summed E-state index contributed by atoms with van der Waals surface area (Å²) in [7, 11) is 1.10. The Morgan fingerprint density at radius 1 is 1.35 bits per heavy atom. The van der Waals surface area contributed by atoms with Crippen LogP contribution >= 0.6 is 0 Å². The van der Waals surface area contributed by atoms with Crippen molar-refractivity contribution < 1.29 is 18.3 Å². The highest BCUT2D eigenvalue weighted by atomic mass is 19.1. The summed E-state index contributed by atoms with van der Waals surface area (Å²) in [6.07, 6.45) is 1.21. The number of hydrogen-bond donors (Lipinski definition) is 0. The number of aromatic nitrogens is 2. The van der Waals surface area contributed by atoms with Gasteiger partial charge in [0.15, 0.2) is 0 Å². The van der Waals surface area contributed by atoms with Gasteiger partial charge in [-0.2, -0.15) is 5.10 Å². The zero-order chi connectivity index (χ0) is 14.9. The minimum Gasteiger partial charge on any atom is -0.464 e. The molecule has 0 spiro atoms. The summed E-state index contributed by atoms with van der Waals surface area (Å²) in [6.45, 7) is 1.43. The van der Waals surface area contributed by atoms with Crippen LogP contribution in [0, 0.1) is 18.6 Å². The van der Waals surface area contributed by atoms with E-state index in [9.17, 15) is 18.4 Å². The predicted octanol–water partition coefficient (Wildman–Crippen LogP) is 1.61. The fourth-order valence-electron chi connectivity index (χ4n) is 1.63. The number of rotatable bonds is 2. The quantitative estimate of drug-likeness (QED) is 0.784. The predicted molar refractivity (Wildman–Crippen MR) is 65.8 cm³/mol. The number of carbonyl (C=O) groups is 1. The molecule has 0 fully saturated rings. The van der Waals surface area contributed by atoms with Crippen LogP contribution in [0.15, 0.2) is 29.2 Å². The minimum atomic E-state index is -0.940. The average molecular weight is 280 g/mol. The lowest BCUT2D eigenvalue weighted by Gasteiger charge is -2.09. The molecule has 1 aromatic carbocycles. The Morgan fingerprint density at radius 2 is 2.05 bits per heavy atom. The zero-order valence-electron chi connectivity index (χ0n) is 10.7. The zero-order valence-corrected chi connectivity index (χ0v) is 10.7. The first-order valence-electron chi connectivity index (χ1n) is 5.58. The smallest absolute Gasteiger partial charge is 0.362 e. The third-order valence-corrected chi connectivity index (χ3v) is 2.63. The van der Waals surface area contributed by atoms with E-state index in [-0.39, 0.29) is 11.3 Å². The number of carbonyl (C=O) groups excluding carboxylic acids is 1. The van der Waals surface area contributed by atoms with Gasteiger partial charge in [0.25, 0.3) is 0 Å². The van der Waals surface area contributed by atoms with E-state index >= 15 is 0 Å². The van der Waals surface area contributed by atoms with E-state index in [0.29, 0.717) is 0 Å². The van der Waals surface area contributed by atoms with Gasteiger partial charge in [0, 0.05) is 17.8 Å². The minimum absolute atomic E-state index is 0.157. The lowest BCUT2D eigenvalue weighted by Crippen LogP contribution is -2.24. The molecule has 0 aliphatic heterocycles. The molecule has 7 heteroatoms. The second-order valence-corrected chi connectivity index (χ2v) is 4.02. The molecule has 0 saturated heterocycles. The molecule has 20 heavy (non-hydrogen) atoms. The van der Waals surface area contributed by atoms with Gasteiger partial charge >= 0.3 is 5.97 Å². The van der Waals surface area contributed by atoms with Crippen LogP contribution in [-0.2, 0) is 4.74 Å². The summed E-state index contributed by atoms with van der Waals surface area (Å²) in [4.78, 5) is 23.2. The van der Waals surface area contributed by atoms with Gasteiger partial charge in [-0.05, 0) is 19.1 Å². The number of esters is 1. The van der Waals surface area contributed by atoms with Crippen molar-refractivity contribution >= 4 is 5.97 Å². The Bertz CT molecular complexity index is 741. The van der Waals surface area contributed by atoms with Crippen LogP contribution < -0.4 is 5.43 Å². The molecule has 0 N–H and O–H groups in total. The topological polar surface area (TPSA) is 61.2 Å². The van der Waals surface area contributed by atoms with Gasteiger partial charge in [-0.25, -0.2) is 18.3 Å². The van der Waals surface area contributed by atoms with E-state index in [1.54, 1.807) is 0 Å². The first-order valence-corrected chi connectivity index (χ1v) is 5.58. The SMILES string of the molecule is COC(=O)c1nn(-c2cc(F)ccc2F)cc(C)c1=O. The second kappa shape index (κ2) is 5.20.